The first kappa shape index (κ1) is 17.6. The Morgan fingerprint density at radius 3 is 2.10 bits per heavy atom. The normalized spacial score (nSPS) is 12.0. The van der Waals surface area contributed by atoms with Crippen LogP contribution in [0.4, 0.5) is 0 Å². The van der Waals surface area contributed by atoms with Gasteiger partial charge in [-0.25, -0.2) is 0 Å². The third kappa shape index (κ3) is 8.64. The van der Waals surface area contributed by atoms with Gasteiger partial charge in [-0.3, -0.25) is 0 Å². The molecular weight excluding hydrogens is 266 g/mol. The van der Waals surface area contributed by atoms with Crippen molar-refractivity contribution in [2.75, 3.05) is 6.54 Å². The second-order valence-electron chi connectivity index (χ2n) is 6.53. The van der Waals surface area contributed by atoms with Crippen molar-refractivity contribution in [3.8, 4) is 0 Å². The summed E-state index contributed by atoms with van der Waals surface area (Å²) in [5.74, 6) is 0. The van der Waals surface area contributed by atoms with Crippen LogP contribution in [-0.4, -0.2) is 22.3 Å². The molecule has 0 amide bonds. The molecule has 0 radical (unpaired) electrons. The Kier molecular flexibility index (Phi) is 8.31. The number of rotatable bonds is 10. The first-order valence-corrected chi connectivity index (χ1v) is 8.89. The number of hydrogen-bond acceptors (Lipinski definition) is 4. The third-order valence-electron chi connectivity index (χ3n) is 3.23. The summed E-state index contributed by atoms with van der Waals surface area (Å²) in [5.41, 5.74) is 0.213. The zero-order chi connectivity index (χ0) is 14.8. The van der Waals surface area contributed by atoms with Gasteiger partial charge in [0.15, 0.2) is 0 Å². The molecule has 0 saturated heterocycles. The minimum Gasteiger partial charge on any atom is -0.312 e. The van der Waals surface area contributed by atoms with Crippen molar-refractivity contribution in [1.82, 2.24) is 15.5 Å². The van der Waals surface area contributed by atoms with Gasteiger partial charge in [0.1, 0.15) is 10.0 Å². The molecule has 0 fully saturated rings. The van der Waals surface area contributed by atoms with Crippen molar-refractivity contribution in [2.24, 2.45) is 0 Å². The molecule has 0 spiro atoms. The predicted octanol–water partition coefficient (Wildman–Crippen LogP) is 4.37. The number of aryl methyl sites for hydroxylation is 2. The van der Waals surface area contributed by atoms with E-state index in [0.717, 1.165) is 25.8 Å². The van der Waals surface area contributed by atoms with E-state index in [0.29, 0.717) is 0 Å². The molecule has 0 aliphatic rings. The van der Waals surface area contributed by atoms with Gasteiger partial charge in [-0.05, 0) is 40.2 Å². The van der Waals surface area contributed by atoms with Gasteiger partial charge in [0.2, 0.25) is 0 Å². The smallest absolute Gasteiger partial charge is 0.117 e. The molecule has 1 N–H and O–H groups in total. The first-order chi connectivity index (χ1) is 9.51. The van der Waals surface area contributed by atoms with Crippen LogP contribution in [0.15, 0.2) is 0 Å². The lowest BCUT2D eigenvalue weighted by Gasteiger charge is -2.20. The molecule has 0 unspecified atom stereocenters. The summed E-state index contributed by atoms with van der Waals surface area (Å²) >= 11 is 1.80. The molecule has 0 aliphatic heterocycles. The molecule has 3 nitrogen and oxygen atoms in total. The van der Waals surface area contributed by atoms with Crippen LogP contribution in [0, 0.1) is 0 Å². The molecule has 0 saturated carbocycles. The maximum atomic E-state index is 4.31. The Hall–Kier alpha value is -0.480. The average molecular weight is 298 g/mol. The Balaban J connectivity index is 2.13. The van der Waals surface area contributed by atoms with Gasteiger partial charge in [0, 0.05) is 18.4 Å². The van der Waals surface area contributed by atoms with Crippen molar-refractivity contribution in [1.29, 1.82) is 0 Å². The second kappa shape index (κ2) is 9.46. The second-order valence-corrected chi connectivity index (χ2v) is 7.68. The highest BCUT2D eigenvalue weighted by Gasteiger charge is 2.08. The Morgan fingerprint density at radius 1 is 0.900 bits per heavy atom. The van der Waals surface area contributed by atoms with E-state index in [9.17, 15) is 0 Å². The number of nitrogens with zero attached hydrogens (tertiary/aromatic N) is 2. The van der Waals surface area contributed by atoms with E-state index in [1.165, 1.54) is 42.1 Å². The van der Waals surface area contributed by atoms with Crippen molar-refractivity contribution in [3.05, 3.63) is 10.0 Å². The summed E-state index contributed by atoms with van der Waals surface area (Å²) in [6.45, 7) is 9.92. The van der Waals surface area contributed by atoms with Gasteiger partial charge in [-0.15, -0.1) is 21.5 Å². The summed E-state index contributed by atoms with van der Waals surface area (Å²) in [4.78, 5) is 0. The van der Waals surface area contributed by atoms with E-state index in [1.54, 1.807) is 11.3 Å². The molecule has 20 heavy (non-hydrogen) atoms. The number of nitrogens with one attached hydrogen (secondary N) is 1. The van der Waals surface area contributed by atoms with Gasteiger partial charge in [-0.2, -0.15) is 0 Å². The summed E-state index contributed by atoms with van der Waals surface area (Å²) < 4.78 is 0. The SMILES string of the molecule is CCCCCCCc1nnc(CCCNC(C)(C)C)s1. The zero-order valence-corrected chi connectivity index (χ0v) is 14.5. The monoisotopic (exact) mass is 297 g/mol. The van der Waals surface area contributed by atoms with Crippen LogP contribution in [0.2, 0.25) is 0 Å². The number of unbranched alkanes of at least 4 members (excludes halogenated alkanes) is 4. The molecule has 1 rings (SSSR count). The van der Waals surface area contributed by atoms with Gasteiger partial charge in [0.25, 0.3) is 0 Å². The molecule has 4 heteroatoms. The van der Waals surface area contributed by atoms with Crippen LogP contribution in [0.25, 0.3) is 0 Å². The standard InChI is InChI=1S/C16H31N3S/c1-5-6-7-8-9-11-14-18-19-15(20-14)12-10-13-17-16(2,3)4/h17H,5-13H2,1-4H3. The highest BCUT2D eigenvalue weighted by Crippen LogP contribution is 2.15. The summed E-state index contributed by atoms with van der Waals surface area (Å²) in [6.07, 6.45) is 9.94. The van der Waals surface area contributed by atoms with Gasteiger partial charge in [0.05, 0.1) is 0 Å². The van der Waals surface area contributed by atoms with E-state index in [2.05, 4.69) is 43.2 Å². The molecule has 1 aromatic rings. The Labute approximate surface area is 128 Å². The molecule has 116 valence electrons. The Morgan fingerprint density at radius 2 is 1.50 bits per heavy atom. The van der Waals surface area contributed by atoms with Crippen molar-refractivity contribution < 1.29 is 0 Å². The lowest BCUT2D eigenvalue weighted by Crippen LogP contribution is -2.36. The van der Waals surface area contributed by atoms with Crippen LogP contribution >= 0.6 is 11.3 Å². The van der Waals surface area contributed by atoms with Crippen LogP contribution in [0.3, 0.4) is 0 Å². The van der Waals surface area contributed by atoms with Gasteiger partial charge < -0.3 is 5.32 Å². The van der Waals surface area contributed by atoms with E-state index >= 15 is 0 Å². The zero-order valence-electron chi connectivity index (χ0n) is 13.7. The lowest BCUT2D eigenvalue weighted by molar-refractivity contribution is 0.422. The van der Waals surface area contributed by atoms with Crippen LogP contribution in [0.1, 0.15) is 76.2 Å². The fourth-order valence-electron chi connectivity index (χ4n) is 2.07. The maximum Gasteiger partial charge on any atom is 0.117 e. The number of hydrogen-bond donors (Lipinski definition) is 1. The minimum absolute atomic E-state index is 0.213. The molecule has 0 bridgehead atoms. The first-order valence-electron chi connectivity index (χ1n) is 8.07. The average Bonchev–Trinajstić information content (AvgIpc) is 2.81. The molecule has 1 aromatic heterocycles. The molecule has 0 aromatic carbocycles. The van der Waals surface area contributed by atoms with Crippen LogP contribution in [0.5, 0.6) is 0 Å². The molecule has 0 atom stereocenters. The van der Waals surface area contributed by atoms with Crippen molar-refractivity contribution in [2.45, 2.75) is 84.6 Å². The highest BCUT2D eigenvalue weighted by atomic mass is 32.1. The Bertz CT molecular complexity index is 355. The van der Waals surface area contributed by atoms with Crippen LogP contribution in [-0.2, 0) is 12.8 Å². The molecular formula is C16H31N3S. The largest absolute Gasteiger partial charge is 0.312 e. The molecule has 1 heterocycles. The fraction of sp³-hybridized carbons (Fsp3) is 0.875. The fourth-order valence-corrected chi connectivity index (χ4v) is 3.00. The quantitative estimate of drug-likeness (QED) is 0.652. The highest BCUT2D eigenvalue weighted by molar-refractivity contribution is 7.11. The van der Waals surface area contributed by atoms with Gasteiger partial charge in [-0.1, -0.05) is 32.6 Å². The van der Waals surface area contributed by atoms with E-state index in [1.807, 2.05) is 0 Å². The summed E-state index contributed by atoms with van der Waals surface area (Å²) in [7, 11) is 0. The molecule has 0 aliphatic carbocycles. The van der Waals surface area contributed by atoms with Gasteiger partial charge >= 0.3 is 0 Å². The summed E-state index contributed by atoms with van der Waals surface area (Å²) in [5, 5.41) is 14.5. The summed E-state index contributed by atoms with van der Waals surface area (Å²) in [6, 6.07) is 0. The number of aromatic nitrogens is 2. The van der Waals surface area contributed by atoms with Crippen molar-refractivity contribution in [3.63, 3.8) is 0 Å². The van der Waals surface area contributed by atoms with E-state index in [-0.39, 0.29) is 5.54 Å². The van der Waals surface area contributed by atoms with Crippen molar-refractivity contribution >= 4 is 11.3 Å². The topological polar surface area (TPSA) is 37.8 Å². The minimum atomic E-state index is 0.213. The van der Waals surface area contributed by atoms with E-state index < -0.39 is 0 Å². The van der Waals surface area contributed by atoms with Crippen LogP contribution < -0.4 is 5.32 Å². The maximum absolute atomic E-state index is 4.31. The third-order valence-corrected chi connectivity index (χ3v) is 4.27. The predicted molar refractivity (Wildman–Crippen MR) is 88.4 cm³/mol. The van der Waals surface area contributed by atoms with E-state index in [4.69, 9.17) is 0 Å². The lowest BCUT2D eigenvalue weighted by atomic mass is 10.1.